The van der Waals surface area contributed by atoms with Crippen LogP contribution in [0.1, 0.15) is 54.0 Å². The van der Waals surface area contributed by atoms with Gasteiger partial charge in [0.25, 0.3) is 0 Å². The molecule has 0 aromatic heterocycles. The van der Waals surface area contributed by atoms with E-state index >= 15 is 0 Å². The Morgan fingerprint density at radius 3 is 1.88 bits per heavy atom. The second-order valence-electron chi connectivity index (χ2n) is 8.52. The zero-order chi connectivity index (χ0) is 24.7. The van der Waals surface area contributed by atoms with Gasteiger partial charge in [-0.15, -0.1) is 8.83 Å². The van der Waals surface area contributed by atoms with Crippen LogP contribution in [0.15, 0.2) is 28.5 Å². The summed E-state index contributed by atoms with van der Waals surface area (Å²) in [6.07, 6.45) is -2.14. The highest BCUT2D eigenvalue weighted by molar-refractivity contribution is 8.23. The maximum Gasteiger partial charge on any atom is 0.441 e. The second-order valence-corrected chi connectivity index (χ2v) is 11.1. The maximum atomic E-state index is 12.8. The van der Waals surface area contributed by atoms with E-state index < -0.39 is 17.7 Å². The summed E-state index contributed by atoms with van der Waals surface area (Å²) in [7, 11) is 0. The van der Waals surface area contributed by atoms with Crippen LogP contribution in [0.4, 0.5) is 15.3 Å². The molecular weight excluding hydrogens is 482 g/mol. The number of amides is 3. The van der Waals surface area contributed by atoms with Crippen LogP contribution in [0.2, 0.25) is 0 Å². The Labute approximate surface area is 207 Å². The average Bonchev–Trinajstić information content (AvgIpc) is 3.12. The van der Waals surface area contributed by atoms with Gasteiger partial charge in [0.05, 0.1) is 32.5 Å². The van der Waals surface area contributed by atoms with Crippen molar-refractivity contribution in [3.63, 3.8) is 0 Å². The number of hydrazine groups is 1. The molecule has 2 aliphatic heterocycles. The van der Waals surface area contributed by atoms with Crippen LogP contribution in [0.3, 0.4) is 0 Å². The van der Waals surface area contributed by atoms with Crippen LogP contribution in [-0.4, -0.2) is 49.5 Å². The Morgan fingerprint density at radius 2 is 1.42 bits per heavy atom. The fourth-order valence-corrected chi connectivity index (χ4v) is 6.16. The topological polar surface area (TPSA) is 79.4 Å². The Kier molecular flexibility index (Phi) is 7.35. The molecule has 0 unspecified atom stereocenters. The lowest BCUT2D eigenvalue weighted by molar-refractivity contribution is -0.117. The van der Waals surface area contributed by atoms with E-state index in [2.05, 4.69) is 0 Å². The standard InChI is InChI=1S/C22H27N3O5S3/c1-12(2)29-20(27)24-25(21(28)30-13(3)4)33-19(32-24)17-15-10-8-9-11-16(15)23(14(5)26)22(6,7)18(17)31/h8-13H,1-7H3. The van der Waals surface area contributed by atoms with Gasteiger partial charge in [-0.3, -0.25) is 4.79 Å². The minimum Gasteiger partial charge on any atom is -0.445 e. The first-order valence-corrected chi connectivity index (χ1v) is 12.4. The molecule has 1 fully saturated rings. The molecule has 8 nitrogen and oxygen atoms in total. The van der Waals surface area contributed by atoms with Crippen LogP contribution in [0.25, 0.3) is 5.57 Å². The fraction of sp³-hybridized carbons (Fsp3) is 0.455. The first-order valence-electron chi connectivity index (χ1n) is 10.4. The van der Waals surface area contributed by atoms with E-state index in [9.17, 15) is 14.4 Å². The van der Waals surface area contributed by atoms with Gasteiger partial charge in [0.2, 0.25) is 5.91 Å². The molecule has 0 N–H and O–H groups in total. The number of thiocarbonyl (C=S) groups is 1. The number of ether oxygens (including phenoxy) is 2. The van der Waals surface area contributed by atoms with E-state index in [4.69, 9.17) is 21.7 Å². The lowest BCUT2D eigenvalue weighted by atomic mass is 9.83. The number of hydrogen-bond acceptors (Lipinski definition) is 8. The summed E-state index contributed by atoms with van der Waals surface area (Å²) in [6.45, 7) is 12.2. The molecule has 1 saturated heterocycles. The maximum absolute atomic E-state index is 12.8. The third kappa shape index (κ3) is 4.85. The predicted molar refractivity (Wildman–Crippen MR) is 135 cm³/mol. The molecular formula is C22H27N3O5S3. The summed E-state index contributed by atoms with van der Waals surface area (Å²) in [5.74, 6) is -0.130. The fourth-order valence-electron chi connectivity index (χ4n) is 3.53. The molecule has 3 rings (SSSR count). The molecule has 3 amide bonds. The Hall–Kier alpha value is -2.24. The van der Waals surface area contributed by atoms with Crippen LogP contribution in [-0.2, 0) is 14.3 Å². The van der Waals surface area contributed by atoms with Gasteiger partial charge in [-0.25, -0.2) is 9.59 Å². The molecule has 0 radical (unpaired) electrons. The van der Waals surface area contributed by atoms with Crippen molar-refractivity contribution in [1.82, 2.24) is 8.83 Å². The molecule has 2 aliphatic rings. The van der Waals surface area contributed by atoms with Crippen LogP contribution >= 0.6 is 36.1 Å². The SMILES string of the molecule is CC(=O)N1c2ccccc2C(=C2SN(C(=O)OC(C)C)N(C(=O)OC(C)C)S2)C(=S)C1(C)C. The lowest BCUT2D eigenvalue weighted by Crippen LogP contribution is -2.55. The van der Waals surface area contributed by atoms with Crippen LogP contribution in [0.5, 0.6) is 0 Å². The molecule has 178 valence electrons. The molecule has 0 aliphatic carbocycles. The number of para-hydroxylation sites is 1. The molecule has 1 aromatic carbocycles. The molecule has 1 aromatic rings. The predicted octanol–water partition coefficient (Wildman–Crippen LogP) is 5.79. The van der Waals surface area contributed by atoms with Gasteiger partial charge in [-0.1, -0.05) is 30.4 Å². The number of fused-ring (bicyclic) bond motifs is 1. The summed E-state index contributed by atoms with van der Waals surface area (Å²) >= 11 is 7.96. The van der Waals surface area contributed by atoms with Gasteiger partial charge in [-0.2, -0.15) is 0 Å². The Morgan fingerprint density at radius 1 is 0.939 bits per heavy atom. The van der Waals surface area contributed by atoms with Gasteiger partial charge < -0.3 is 14.4 Å². The number of anilines is 1. The monoisotopic (exact) mass is 509 g/mol. The number of nitrogens with zero attached hydrogens (tertiary/aromatic N) is 3. The van der Waals surface area contributed by atoms with Crippen LogP contribution in [0, 0.1) is 0 Å². The van der Waals surface area contributed by atoms with E-state index in [1.807, 2.05) is 38.1 Å². The quantitative estimate of drug-likeness (QED) is 0.282. The first kappa shape index (κ1) is 25.4. The number of carbonyl (C=O) groups excluding carboxylic acids is 3. The zero-order valence-electron chi connectivity index (χ0n) is 19.6. The molecule has 0 saturated carbocycles. The van der Waals surface area contributed by atoms with E-state index in [0.717, 1.165) is 38.3 Å². The van der Waals surface area contributed by atoms with Crippen molar-refractivity contribution in [2.24, 2.45) is 0 Å². The highest BCUT2D eigenvalue weighted by Crippen LogP contribution is 2.53. The Balaban J connectivity index is 2.15. The number of hydrogen-bond donors (Lipinski definition) is 0. The van der Waals surface area contributed by atoms with Crippen molar-refractivity contribution in [3.8, 4) is 0 Å². The number of carbonyl (C=O) groups is 3. The van der Waals surface area contributed by atoms with E-state index in [1.54, 1.807) is 32.6 Å². The molecule has 0 spiro atoms. The number of benzene rings is 1. The first-order chi connectivity index (χ1) is 15.4. The minimum absolute atomic E-state index is 0.130. The van der Waals surface area contributed by atoms with Crippen molar-refractivity contribution >= 4 is 70.3 Å². The summed E-state index contributed by atoms with van der Waals surface area (Å²) in [5, 5.41) is 0. The third-order valence-corrected chi connectivity index (χ3v) is 7.73. The highest BCUT2D eigenvalue weighted by Gasteiger charge is 2.47. The minimum atomic E-state index is -0.798. The molecule has 0 atom stereocenters. The van der Waals surface area contributed by atoms with Crippen molar-refractivity contribution in [2.45, 2.75) is 66.2 Å². The molecule has 33 heavy (non-hydrogen) atoms. The van der Waals surface area contributed by atoms with Gasteiger partial charge >= 0.3 is 12.2 Å². The highest BCUT2D eigenvalue weighted by atomic mass is 32.2. The summed E-state index contributed by atoms with van der Waals surface area (Å²) in [4.78, 5) is 40.3. The van der Waals surface area contributed by atoms with E-state index in [1.165, 1.54) is 6.92 Å². The van der Waals surface area contributed by atoms with Crippen LogP contribution < -0.4 is 4.90 Å². The average molecular weight is 510 g/mol. The molecule has 0 bridgehead atoms. The van der Waals surface area contributed by atoms with Crippen molar-refractivity contribution < 1.29 is 23.9 Å². The smallest absolute Gasteiger partial charge is 0.441 e. The van der Waals surface area contributed by atoms with Gasteiger partial charge in [0.1, 0.15) is 0 Å². The second kappa shape index (κ2) is 9.55. The van der Waals surface area contributed by atoms with Gasteiger partial charge in [0.15, 0.2) is 0 Å². The third-order valence-electron chi connectivity index (χ3n) is 4.76. The van der Waals surface area contributed by atoms with Crippen molar-refractivity contribution in [2.75, 3.05) is 4.90 Å². The largest absolute Gasteiger partial charge is 0.445 e. The lowest BCUT2D eigenvalue weighted by Gasteiger charge is -2.44. The van der Waals surface area contributed by atoms with E-state index in [-0.39, 0.29) is 18.1 Å². The Bertz CT molecular complexity index is 1010. The van der Waals surface area contributed by atoms with Crippen molar-refractivity contribution in [3.05, 3.63) is 34.1 Å². The summed E-state index contributed by atoms with van der Waals surface area (Å²) < 4.78 is 13.6. The normalized spacial score (nSPS) is 17.6. The number of rotatable bonds is 2. The zero-order valence-corrected chi connectivity index (χ0v) is 22.0. The van der Waals surface area contributed by atoms with Gasteiger partial charge in [-0.05, 0) is 47.6 Å². The molecule has 11 heteroatoms. The summed E-state index contributed by atoms with van der Waals surface area (Å²) in [5.41, 5.74) is 1.36. The van der Waals surface area contributed by atoms with Gasteiger partial charge in [0, 0.05) is 42.0 Å². The van der Waals surface area contributed by atoms with E-state index in [0.29, 0.717) is 20.4 Å². The summed E-state index contributed by atoms with van der Waals surface area (Å²) in [6, 6.07) is 7.45. The van der Waals surface area contributed by atoms with Crippen molar-refractivity contribution in [1.29, 1.82) is 0 Å². The molecule has 2 heterocycles.